The zero-order chi connectivity index (χ0) is 14.0. The molecule has 0 aliphatic carbocycles. The summed E-state index contributed by atoms with van der Waals surface area (Å²) < 4.78 is 25.7. The van der Waals surface area contributed by atoms with Crippen LogP contribution in [0.5, 0.6) is 0 Å². The van der Waals surface area contributed by atoms with Crippen molar-refractivity contribution < 1.29 is 13.9 Å². The molecule has 3 heterocycles. The van der Waals surface area contributed by atoms with E-state index in [1.165, 1.54) is 6.33 Å². The number of halogens is 1. The molecule has 2 aliphatic heterocycles. The minimum atomic E-state index is -0.292. The van der Waals surface area contributed by atoms with Crippen LogP contribution in [0, 0.1) is 5.82 Å². The predicted molar refractivity (Wildman–Crippen MR) is 72.3 cm³/mol. The fourth-order valence-electron chi connectivity index (χ4n) is 2.93. The number of nitrogens with zero attached hydrogens (tertiary/aromatic N) is 3. The quantitative estimate of drug-likeness (QED) is 0.823. The van der Waals surface area contributed by atoms with Gasteiger partial charge in [-0.1, -0.05) is 6.92 Å². The number of morpholine rings is 1. The molecule has 0 aromatic carbocycles. The average Bonchev–Trinajstić information content (AvgIpc) is 2.48. The summed E-state index contributed by atoms with van der Waals surface area (Å²) in [6, 6.07) is 0. The van der Waals surface area contributed by atoms with Crippen molar-refractivity contribution in [3.63, 3.8) is 0 Å². The molecular weight excluding hydrogens is 261 g/mol. The van der Waals surface area contributed by atoms with Gasteiger partial charge in [-0.05, 0) is 6.42 Å². The van der Waals surface area contributed by atoms with Crippen molar-refractivity contribution in [2.24, 2.45) is 0 Å². The fraction of sp³-hybridized carbons (Fsp3) is 0.714. The number of hydrogen-bond donors (Lipinski definition) is 0. The summed E-state index contributed by atoms with van der Waals surface area (Å²) in [6.07, 6.45) is 3.74. The van der Waals surface area contributed by atoms with Gasteiger partial charge in [-0.15, -0.1) is 0 Å². The number of rotatable bonds is 2. The zero-order valence-corrected chi connectivity index (χ0v) is 11.8. The first-order valence-corrected chi connectivity index (χ1v) is 7.20. The van der Waals surface area contributed by atoms with E-state index in [1.807, 2.05) is 11.8 Å². The van der Waals surface area contributed by atoms with Crippen LogP contribution in [0.1, 0.15) is 25.5 Å². The molecule has 0 amide bonds. The third-order valence-electron chi connectivity index (χ3n) is 4.13. The molecule has 0 bridgehead atoms. The van der Waals surface area contributed by atoms with Gasteiger partial charge in [-0.3, -0.25) is 0 Å². The lowest BCUT2D eigenvalue weighted by Gasteiger charge is -2.45. The third kappa shape index (κ3) is 2.50. The van der Waals surface area contributed by atoms with Crippen LogP contribution in [-0.2, 0) is 15.9 Å². The van der Waals surface area contributed by atoms with Gasteiger partial charge in [0.1, 0.15) is 6.33 Å². The third-order valence-corrected chi connectivity index (χ3v) is 4.13. The van der Waals surface area contributed by atoms with Gasteiger partial charge in [0.2, 0.25) is 0 Å². The van der Waals surface area contributed by atoms with Crippen molar-refractivity contribution in [2.45, 2.75) is 31.8 Å². The van der Waals surface area contributed by atoms with Crippen molar-refractivity contribution in [2.75, 3.05) is 37.8 Å². The average molecular weight is 281 g/mol. The summed E-state index contributed by atoms with van der Waals surface area (Å²) in [5, 5.41) is 0. The Bertz CT molecular complexity index is 472. The van der Waals surface area contributed by atoms with Gasteiger partial charge < -0.3 is 14.4 Å². The van der Waals surface area contributed by atoms with E-state index in [0.717, 1.165) is 12.8 Å². The van der Waals surface area contributed by atoms with Crippen molar-refractivity contribution in [1.29, 1.82) is 0 Å². The van der Waals surface area contributed by atoms with Crippen LogP contribution in [0.3, 0.4) is 0 Å². The van der Waals surface area contributed by atoms with E-state index in [4.69, 9.17) is 9.47 Å². The molecule has 2 fully saturated rings. The summed E-state index contributed by atoms with van der Waals surface area (Å²) in [5.74, 6) is 0.116. The highest BCUT2D eigenvalue weighted by molar-refractivity contribution is 5.42. The number of ether oxygens (including phenoxy) is 2. The molecule has 0 N–H and O–H groups in total. The van der Waals surface area contributed by atoms with Crippen molar-refractivity contribution in [3.05, 3.63) is 17.8 Å². The van der Waals surface area contributed by atoms with Gasteiger partial charge in [0, 0.05) is 39.1 Å². The Labute approximate surface area is 118 Å². The second kappa shape index (κ2) is 5.61. The Morgan fingerprint density at radius 2 is 2.10 bits per heavy atom. The number of hydrogen-bond acceptors (Lipinski definition) is 5. The van der Waals surface area contributed by atoms with Gasteiger partial charge in [0.25, 0.3) is 0 Å². The summed E-state index contributed by atoms with van der Waals surface area (Å²) in [4.78, 5) is 10.1. The van der Waals surface area contributed by atoms with E-state index < -0.39 is 0 Å². The van der Waals surface area contributed by atoms with Crippen molar-refractivity contribution >= 4 is 5.82 Å². The number of aryl methyl sites for hydroxylation is 1. The van der Waals surface area contributed by atoms with Gasteiger partial charge >= 0.3 is 0 Å². The number of anilines is 1. The first-order valence-electron chi connectivity index (χ1n) is 7.20. The highest BCUT2D eigenvalue weighted by atomic mass is 19.1. The van der Waals surface area contributed by atoms with Gasteiger partial charge in [0.05, 0.1) is 17.9 Å². The lowest BCUT2D eigenvalue weighted by Crippen LogP contribution is -2.55. The molecule has 6 heteroatoms. The smallest absolute Gasteiger partial charge is 0.187 e. The minimum Gasteiger partial charge on any atom is -0.381 e. The molecule has 1 spiro atoms. The summed E-state index contributed by atoms with van der Waals surface area (Å²) in [7, 11) is 0. The van der Waals surface area contributed by atoms with E-state index in [-0.39, 0.29) is 11.4 Å². The highest BCUT2D eigenvalue weighted by Gasteiger charge is 2.39. The largest absolute Gasteiger partial charge is 0.381 e. The molecule has 0 unspecified atom stereocenters. The summed E-state index contributed by atoms with van der Waals surface area (Å²) in [6.45, 7) is 5.26. The fourth-order valence-corrected chi connectivity index (χ4v) is 2.93. The van der Waals surface area contributed by atoms with Gasteiger partial charge in [-0.2, -0.15) is 0 Å². The predicted octanol–water partition coefficient (Wildman–Crippen LogP) is 1.56. The Kier molecular flexibility index (Phi) is 3.85. The molecule has 5 nitrogen and oxygen atoms in total. The minimum absolute atomic E-state index is 0.208. The zero-order valence-electron chi connectivity index (χ0n) is 11.8. The van der Waals surface area contributed by atoms with Crippen LogP contribution in [-0.4, -0.2) is 48.5 Å². The molecule has 3 rings (SSSR count). The number of aromatic nitrogens is 2. The first-order chi connectivity index (χ1) is 9.74. The van der Waals surface area contributed by atoms with Crippen LogP contribution in [0.25, 0.3) is 0 Å². The Hall–Kier alpha value is -1.27. The molecule has 0 saturated carbocycles. The summed E-state index contributed by atoms with van der Waals surface area (Å²) in [5.41, 5.74) is 0.266. The highest BCUT2D eigenvalue weighted by Crippen LogP contribution is 2.31. The molecule has 2 aliphatic rings. The second-order valence-electron chi connectivity index (χ2n) is 5.38. The molecule has 0 atom stereocenters. The second-order valence-corrected chi connectivity index (χ2v) is 5.38. The molecule has 2 saturated heterocycles. The van der Waals surface area contributed by atoms with E-state index in [9.17, 15) is 4.39 Å². The lowest BCUT2D eigenvalue weighted by atomic mass is 9.92. The molecule has 1 aromatic heterocycles. The van der Waals surface area contributed by atoms with Gasteiger partial charge in [0.15, 0.2) is 11.6 Å². The first kappa shape index (κ1) is 13.7. The molecular formula is C14H20FN3O2. The normalized spacial score (nSPS) is 22.2. The van der Waals surface area contributed by atoms with E-state index in [1.54, 1.807) is 0 Å². The monoisotopic (exact) mass is 281 g/mol. The molecule has 1 aromatic rings. The van der Waals surface area contributed by atoms with E-state index >= 15 is 0 Å². The lowest BCUT2D eigenvalue weighted by molar-refractivity contribution is -0.116. The SMILES string of the molecule is CCc1ncnc(N2CCOC3(CCOCC3)C2)c1F. The van der Waals surface area contributed by atoms with Gasteiger partial charge in [-0.25, -0.2) is 14.4 Å². The van der Waals surface area contributed by atoms with E-state index in [2.05, 4.69) is 9.97 Å². The van der Waals surface area contributed by atoms with Crippen LogP contribution < -0.4 is 4.90 Å². The molecule has 0 radical (unpaired) electrons. The van der Waals surface area contributed by atoms with Crippen molar-refractivity contribution in [1.82, 2.24) is 9.97 Å². The summed E-state index contributed by atoms with van der Waals surface area (Å²) >= 11 is 0. The maximum absolute atomic E-state index is 14.4. The van der Waals surface area contributed by atoms with Crippen LogP contribution in [0.15, 0.2) is 6.33 Å². The maximum Gasteiger partial charge on any atom is 0.187 e. The Balaban J connectivity index is 1.83. The van der Waals surface area contributed by atoms with Crippen LogP contribution in [0.2, 0.25) is 0 Å². The molecule has 20 heavy (non-hydrogen) atoms. The van der Waals surface area contributed by atoms with Crippen LogP contribution in [0.4, 0.5) is 10.2 Å². The van der Waals surface area contributed by atoms with Crippen molar-refractivity contribution in [3.8, 4) is 0 Å². The maximum atomic E-state index is 14.4. The van der Waals surface area contributed by atoms with E-state index in [0.29, 0.717) is 50.8 Å². The Morgan fingerprint density at radius 3 is 2.85 bits per heavy atom. The standard InChI is InChI=1S/C14H20FN3O2/c1-2-11-12(15)13(17-10-16-11)18-5-8-20-14(9-18)3-6-19-7-4-14/h10H,2-9H2,1H3. The van der Waals surface area contributed by atoms with Crippen LogP contribution >= 0.6 is 0 Å². The molecule has 110 valence electrons. The Morgan fingerprint density at radius 1 is 1.30 bits per heavy atom. The topological polar surface area (TPSA) is 47.5 Å².